The Labute approximate surface area is 151 Å². The van der Waals surface area contributed by atoms with Crippen LogP contribution in [0.2, 0.25) is 0 Å². The number of benzene rings is 1. The molecule has 1 atom stereocenters. The molecule has 1 heterocycles. The fourth-order valence-electron chi connectivity index (χ4n) is 2.63. The van der Waals surface area contributed by atoms with Crippen LogP contribution >= 0.6 is 0 Å². The number of aliphatic hydroxyl groups is 1. The quantitative estimate of drug-likeness (QED) is 0.614. The Morgan fingerprint density at radius 3 is 2.62 bits per heavy atom. The van der Waals surface area contributed by atoms with Crippen molar-refractivity contribution >= 4 is 17.8 Å². The molecule has 2 rings (SSSR count). The summed E-state index contributed by atoms with van der Waals surface area (Å²) in [5, 5.41) is 20.2. The number of cyclic esters (lactones) is 1. The highest BCUT2D eigenvalue weighted by atomic mass is 16.5. The average molecular weight is 362 g/mol. The van der Waals surface area contributed by atoms with Crippen molar-refractivity contribution in [2.45, 2.75) is 25.4 Å². The largest absolute Gasteiger partial charge is 0.507 e. The van der Waals surface area contributed by atoms with E-state index in [0.29, 0.717) is 0 Å². The van der Waals surface area contributed by atoms with E-state index in [0.717, 1.165) is 0 Å². The first-order chi connectivity index (χ1) is 12.5. The lowest BCUT2D eigenvalue weighted by Crippen LogP contribution is -2.13. The summed E-state index contributed by atoms with van der Waals surface area (Å²) in [6, 6.07) is 1.28. The molecule has 0 fully saturated rings. The zero-order chi connectivity index (χ0) is 19.1. The lowest BCUT2D eigenvalue weighted by atomic mass is 10.0. The standard InChI is InChI=1S/C19H22O7/c1-24-16-11-15(22)17-14(18(16)25-2)8-5-7-13(21)10-12(20)6-3-4-9-26-19(17)23/h3-5,8,11,13,21-22H,6-7,9-10H2,1-2H3/t13-/m0/s1. The molecule has 1 aromatic rings. The van der Waals surface area contributed by atoms with Gasteiger partial charge in [-0.2, -0.15) is 0 Å². The molecule has 2 N–H and O–H groups in total. The molecule has 1 aliphatic rings. The number of aliphatic hydroxyl groups excluding tert-OH is 1. The molecular weight excluding hydrogens is 340 g/mol. The number of fused-ring (bicyclic) bond motifs is 1. The minimum absolute atomic E-state index is 0.0296. The average Bonchev–Trinajstić information content (AvgIpc) is 2.60. The molecule has 0 aromatic heterocycles. The lowest BCUT2D eigenvalue weighted by Gasteiger charge is -2.16. The monoisotopic (exact) mass is 362 g/mol. The Bertz CT molecular complexity index is 734. The van der Waals surface area contributed by atoms with Gasteiger partial charge in [-0.15, -0.1) is 0 Å². The number of hydrogen-bond donors (Lipinski definition) is 2. The molecule has 26 heavy (non-hydrogen) atoms. The number of phenols is 1. The first kappa shape index (κ1) is 19.5. The summed E-state index contributed by atoms with van der Waals surface area (Å²) in [4.78, 5) is 24.2. The zero-order valence-electron chi connectivity index (χ0n) is 14.7. The van der Waals surface area contributed by atoms with Gasteiger partial charge in [-0.3, -0.25) is 4.79 Å². The zero-order valence-corrected chi connectivity index (χ0v) is 14.7. The molecule has 0 amide bonds. The van der Waals surface area contributed by atoms with Crippen LogP contribution < -0.4 is 9.47 Å². The number of carbonyl (C=O) groups excluding carboxylic acids is 2. The second kappa shape index (κ2) is 9.05. The molecule has 1 aromatic carbocycles. The van der Waals surface area contributed by atoms with Gasteiger partial charge in [0.15, 0.2) is 11.5 Å². The third-order valence-electron chi connectivity index (χ3n) is 3.87. The molecule has 7 nitrogen and oxygen atoms in total. The highest BCUT2D eigenvalue weighted by Gasteiger charge is 2.24. The molecule has 140 valence electrons. The van der Waals surface area contributed by atoms with Crippen LogP contribution in [0.25, 0.3) is 6.08 Å². The summed E-state index contributed by atoms with van der Waals surface area (Å²) >= 11 is 0. The third-order valence-corrected chi connectivity index (χ3v) is 3.87. The first-order valence-corrected chi connectivity index (χ1v) is 8.14. The minimum atomic E-state index is -0.837. The number of methoxy groups -OCH3 is 2. The second-order valence-electron chi connectivity index (χ2n) is 5.73. The Hall–Kier alpha value is -2.80. The van der Waals surface area contributed by atoms with E-state index < -0.39 is 12.1 Å². The van der Waals surface area contributed by atoms with E-state index in [4.69, 9.17) is 14.2 Å². The summed E-state index contributed by atoms with van der Waals surface area (Å²) in [6.07, 6.45) is 5.81. The van der Waals surface area contributed by atoms with Gasteiger partial charge < -0.3 is 24.4 Å². The molecule has 0 bridgehead atoms. The van der Waals surface area contributed by atoms with Crippen molar-refractivity contribution < 1.29 is 34.0 Å². The van der Waals surface area contributed by atoms with Crippen LogP contribution in [-0.4, -0.2) is 48.9 Å². The highest BCUT2D eigenvalue weighted by molar-refractivity contribution is 5.98. The molecule has 0 radical (unpaired) electrons. The number of allylic oxidation sites excluding steroid dienone is 1. The maximum Gasteiger partial charge on any atom is 0.342 e. The number of carbonyl (C=O) groups is 2. The van der Waals surface area contributed by atoms with Gasteiger partial charge in [-0.25, -0.2) is 4.79 Å². The molecule has 0 aliphatic carbocycles. The topological polar surface area (TPSA) is 102 Å². The smallest absolute Gasteiger partial charge is 0.342 e. The van der Waals surface area contributed by atoms with E-state index in [1.54, 1.807) is 18.2 Å². The summed E-state index contributed by atoms with van der Waals surface area (Å²) in [6.45, 7) is -0.0500. The fraction of sp³-hybridized carbons (Fsp3) is 0.368. The van der Waals surface area contributed by atoms with Gasteiger partial charge >= 0.3 is 5.97 Å². The molecule has 0 spiro atoms. The van der Waals surface area contributed by atoms with Crippen LogP contribution in [-0.2, 0) is 9.53 Å². The number of ketones is 1. The second-order valence-corrected chi connectivity index (χ2v) is 5.73. The number of rotatable bonds is 2. The van der Waals surface area contributed by atoms with Crippen molar-refractivity contribution in [3.63, 3.8) is 0 Å². The Balaban J connectivity index is 2.52. The maximum atomic E-state index is 12.4. The van der Waals surface area contributed by atoms with Crippen LogP contribution in [0, 0.1) is 0 Å². The van der Waals surface area contributed by atoms with Gasteiger partial charge in [0.05, 0.1) is 20.3 Å². The number of ether oxygens (including phenoxy) is 3. The van der Waals surface area contributed by atoms with Crippen LogP contribution in [0.4, 0.5) is 0 Å². The van der Waals surface area contributed by atoms with Crippen molar-refractivity contribution in [3.05, 3.63) is 35.4 Å². The predicted octanol–water partition coefficient (Wildman–Crippen LogP) is 2.25. The van der Waals surface area contributed by atoms with Crippen LogP contribution in [0.15, 0.2) is 24.3 Å². The SMILES string of the molecule is COc1cc(O)c2c(c1OC)C=CC[C@H](O)CC(=O)CC=CCOC2=O. The van der Waals surface area contributed by atoms with E-state index in [9.17, 15) is 19.8 Å². The van der Waals surface area contributed by atoms with Crippen molar-refractivity contribution in [3.8, 4) is 17.2 Å². The Morgan fingerprint density at radius 1 is 1.15 bits per heavy atom. The maximum absolute atomic E-state index is 12.4. The van der Waals surface area contributed by atoms with Crippen LogP contribution in [0.1, 0.15) is 35.2 Å². The summed E-state index contributed by atoms with van der Waals surface area (Å²) in [7, 11) is 2.82. The van der Waals surface area contributed by atoms with E-state index >= 15 is 0 Å². The van der Waals surface area contributed by atoms with Gasteiger partial charge in [-0.1, -0.05) is 24.3 Å². The summed E-state index contributed by atoms with van der Waals surface area (Å²) < 4.78 is 15.7. The molecule has 0 saturated heterocycles. The molecule has 1 aliphatic heterocycles. The van der Waals surface area contributed by atoms with Crippen molar-refractivity contribution in [2.24, 2.45) is 0 Å². The Morgan fingerprint density at radius 2 is 1.92 bits per heavy atom. The van der Waals surface area contributed by atoms with Gasteiger partial charge in [-0.05, 0) is 6.42 Å². The van der Waals surface area contributed by atoms with E-state index in [2.05, 4.69) is 0 Å². The van der Waals surface area contributed by atoms with Crippen molar-refractivity contribution in [1.82, 2.24) is 0 Å². The highest BCUT2D eigenvalue weighted by Crippen LogP contribution is 2.40. The van der Waals surface area contributed by atoms with Crippen molar-refractivity contribution in [1.29, 1.82) is 0 Å². The molecular formula is C19H22O7. The lowest BCUT2D eigenvalue weighted by molar-refractivity contribution is -0.120. The van der Waals surface area contributed by atoms with E-state index in [-0.39, 0.29) is 60.0 Å². The first-order valence-electron chi connectivity index (χ1n) is 8.14. The number of aromatic hydroxyl groups is 1. The minimum Gasteiger partial charge on any atom is -0.507 e. The van der Waals surface area contributed by atoms with E-state index in [1.807, 2.05) is 0 Å². The molecule has 7 heteroatoms. The summed E-state index contributed by atoms with van der Waals surface area (Å²) in [5.41, 5.74) is 0.212. The number of hydrogen-bond acceptors (Lipinski definition) is 7. The van der Waals surface area contributed by atoms with Gasteiger partial charge in [0.2, 0.25) is 0 Å². The third kappa shape index (κ3) is 4.64. The van der Waals surface area contributed by atoms with Gasteiger partial charge in [0, 0.05) is 24.5 Å². The normalized spacial score (nSPS) is 18.7. The van der Waals surface area contributed by atoms with Crippen molar-refractivity contribution in [2.75, 3.05) is 20.8 Å². The number of Topliss-reactive ketones (excluding diaryl/α,β-unsaturated/α-hetero) is 1. The number of esters is 1. The fourth-order valence-corrected chi connectivity index (χ4v) is 2.63. The van der Waals surface area contributed by atoms with E-state index in [1.165, 1.54) is 26.4 Å². The molecule has 0 saturated carbocycles. The summed E-state index contributed by atoms with van der Waals surface area (Å²) in [5.74, 6) is -0.654. The Kier molecular flexibility index (Phi) is 6.80. The molecule has 0 unspecified atom stereocenters. The van der Waals surface area contributed by atoms with Gasteiger partial charge in [0.1, 0.15) is 23.7 Å². The van der Waals surface area contributed by atoms with Crippen LogP contribution in [0.3, 0.4) is 0 Å². The predicted molar refractivity (Wildman–Crippen MR) is 94.5 cm³/mol. The van der Waals surface area contributed by atoms with Crippen LogP contribution in [0.5, 0.6) is 17.2 Å². The number of phenolic OH excluding ortho intramolecular Hbond substituents is 1. The van der Waals surface area contributed by atoms with Gasteiger partial charge in [0.25, 0.3) is 0 Å².